The molecule has 5 heteroatoms. The molecule has 1 amide bonds. The van der Waals surface area contributed by atoms with Gasteiger partial charge >= 0.3 is 0 Å². The van der Waals surface area contributed by atoms with E-state index in [1.54, 1.807) is 23.5 Å². The van der Waals surface area contributed by atoms with Crippen molar-refractivity contribution in [2.24, 2.45) is 0 Å². The van der Waals surface area contributed by atoms with Gasteiger partial charge in [0.1, 0.15) is 12.4 Å². The van der Waals surface area contributed by atoms with Crippen LogP contribution in [0.3, 0.4) is 0 Å². The van der Waals surface area contributed by atoms with Crippen LogP contribution in [0.1, 0.15) is 23.4 Å². The Morgan fingerprint density at radius 2 is 2.10 bits per heavy atom. The van der Waals surface area contributed by atoms with Gasteiger partial charge in [0.25, 0.3) is 0 Å². The average molecular weight is 293 g/mol. The van der Waals surface area contributed by atoms with E-state index >= 15 is 0 Å². The van der Waals surface area contributed by atoms with Crippen molar-refractivity contribution in [2.75, 3.05) is 13.2 Å². The van der Waals surface area contributed by atoms with Crippen LogP contribution in [0.5, 0.6) is 0 Å². The van der Waals surface area contributed by atoms with E-state index in [4.69, 9.17) is 4.74 Å². The van der Waals surface area contributed by atoms with Crippen LogP contribution < -0.4 is 5.32 Å². The van der Waals surface area contributed by atoms with Gasteiger partial charge in [0, 0.05) is 11.5 Å². The first kappa shape index (κ1) is 14.7. The summed E-state index contributed by atoms with van der Waals surface area (Å²) in [6.07, 6.45) is 0. The Bertz CT molecular complexity index is 540. The molecule has 20 heavy (non-hydrogen) atoms. The van der Waals surface area contributed by atoms with E-state index in [1.807, 2.05) is 24.4 Å². The van der Waals surface area contributed by atoms with E-state index < -0.39 is 0 Å². The number of hydrogen-bond donors (Lipinski definition) is 1. The Balaban J connectivity index is 2.17. The van der Waals surface area contributed by atoms with Gasteiger partial charge < -0.3 is 10.1 Å². The molecular weight excluding hydrogens is 277 g/mol. The van der Waals surface area contributed by atoms with E-state index in [0.717, 1.165) is 10.4 Å². The molecule has 0 bridgehead atoms. The van der Waals surface area contributed by atoms with Crippen molar-refractivity contribution < 1.29 is 13.9 Å². The molecule has 106 valence electrons. The molecule has 0 aliphatic rings. The number of carbonyl (C=O) groups is 1. The molecule has 1 N–H and O–H groups in total. The largest absolute Gasteiger partial charge is 0.372 e. The van der Waals surface area contributed by atoms with E-state index in [-0.39, 0.29) is 24.4 Å². The number of nitrogens with one attached hydrogen (secondary N) is 1. The second-order valence-corrected chi connectivity index (χ2v) is 5.18. The number of benzene rings is 1. The number of rotatable bonds is 6. The number of thiophene rings is 1. The van der Waals surface area contributed by atoms with Gasteiger partial charge in [-0.3, -0.25) is 4.79 Å². The fraction of sp³-hybridized carbons (Fsp3) is 0.267. The van der Waals surface area contributed by atoms with Gasteiger partial charge in [-0.05, 0) is 36.1 Å². The molecule has 0 aliphatic heterocycles. The number of halogens is 1. The third kappa shape index (κ3) is 3.88. The van der Waals surface area contributed by atoms with E-state index in [9.17, 15) is 9.18 Å². The Kier molecular flexibility index (Phi) is 5.26. The lowest BCUT2D eigenvalue weighted by Crippen LogP contribution is -2.32. The summed E-state index contributed by atoms with van der Waals surface area (Å²) in [4.78, 5) is 12.8. The molecule has 0 radical (unpaired) electrons. The Morgan fingerprint density at radius 3 is 2.70 bits per heavy atom. The van der Waals surface area contributed by atoms with Gasteiger partial charge in [-0.2, -0.15) is 0 Å². The highest BCUT2D eigenvalue weighted by Crippen LogP contribution is 2.26. The maximum absolute atomic E-state index is 13.0. The fourth-order valence-electron chi connectivity index (χ4n) is 1.83. The zero-order chi connectivity index (χ0) is 14.4. The summed E-state index contributed by atoms with van der Waals surface area (Å²) in [5.41, 5.74) is 0.846. The third-order valence-electron chi connectivity index (χ3n) is 2.77. The summed E-state index contributed by atoms with van der Waals surface area (Å²) >= 11 is 1.55. The van der Waals surface area contributed by atoms with Crippen molar-refractivity contribution in [3.63, 3.8) is 0 Å². The monoisotopic (exact) mass is 293 g/mol. The van der Waals surface area contributed by atoms with Crippen LogP contribution in [0.25, 0.3) is 0 Å². The smallest absolute Gasteiger partial charge is 0.246 e. The zero-order valence-corrected chi connectivity index (χ0v) is 12.0. The summed E-state index contributed by atoms with van der Waals surface area (Å²) in [5, 5.41) is 4.86. The number of hydrogen-bond acceptors (Lipinski definition) is 3. The molecule has 2 aromatic rings. The minimum Gasteiger partial charge on any atom is -0.372 e. The first-order chi connectivity index (χ1) is 9.70. The molecule has 0 saturated heterocycles. The standard InChI is InChI=1S/C15H16FNO2S/c1-2-19-10-14(18)17-15(13-4-3-9-20-13)11-5-7-12(16)8-6-11/h3-9,15H,2,10H2,1H3,(H,17,18). The van der Waals surface area contributed by atoms with Crippen LogP contribution >= 0.6 is 11.3 Å². The second kappa shape index (κ2) is 7.17. The molecule has 1 aromatic heterocycles. The summed E-state index contributed by atoms with van der Waals surface area (Å²) < 4.78 is 18.1. The van der Waals surface area contributed by atoms with Crippen LogP contribution in [0.15, 0.2) is 41.8 Å². The summed E-state index contributed by atoms with van der Waals surface area (Å²) in [5.74, 6) is -0.478. The molecule has 3 nitrogen and oxygen atoms in total. The molecule has 0 spiro atoms. The predicted octanol–water partition coefficient (Wildman–Crippen LogP) is 3.13. The topological polar surface area (TPSA) is 38.3 Å². The molecule has 1 atom stereocenters. The molecule has 1 unspecified atom stereocenters. The van der Waals surface area contributed by atoms with Gasteiger partial charge in [-0.25, -0.2) is 4.39 Å². The molecule has 0 aliphatic carbocycles. The summed E-state index contributed by atoms with van der Waals surface area (Å²) in [6.45, 7) is 2.36. The Labute approximate surface area is 121 Å². The van der Waals surface area contributed by atoms with Crippen LogP contribution in [-0.4, -0.2) is 19.1 Å². The van der Waals surface area contributed by atoms with Gasteiger partial charge in [-0.1, -0.05) is 18.2 Å². The summed E-state index contributed by atoms with van der Waals surface area (Å²) in [6, 6.07) is 9.74. The first-order valence-corrected chi connectivity index (χ1v) is 7.24. The van der Waals surface area contributed by atoms with E-state index in [1.165, 1.54) is 12.1 Å². The fourth-order valence-corrected chi connectivity index (χ4v) is 2.63. The maximum atomic E-state index is 13.0. The van der Waals surface area contributed by atoms with Gasteiger partial charge in [0.05, 0.1) is 6.04 Å². The predicted molar refractivity (Wildman–Crippen MR) is 77.2 cm³/mol. The highest BCUT2D eigenvalue weighted by atomic mass is 32.1. The molecule has 0 fully saturated rings. The average Bonchev–Trinajstić information content (AvgIpc) is 2.97. The second-order valence-electron chi connectivity index (χ2n) is 4.20. The number of ether oxygens (including phenoxy) is 1. The van der Waals surface area contributed by atoms with Crippen LogP contribution in [0.4, 0.5) is 4.39 Å². The molecule has 2 rings (SSSR count). The lowest BCUT2D eigenvalue weighted by Gasteiger charge is -2.18. The summed E-state index contributed by atoms with van der Waals surface area (Å²) in [7, 11) is 0. The molecule has 1 heterocycles. The molecule has 0 saturated carbocycles. The van der Waals surface area contributed by atoms with Crippen molar-refractivity contribution in [3.8, 4) is 0 Å². The third-order valence-corrected chi connectivity index (χ3v) is 3.71. The Morgan fingerprint density at radius 1 is 1.35 bits per heavy atom. The normalized spacial score (nSPS) is 12.1. The lowest BCUT2D eigenvalue weighted by atomic mass is 10.1. The van der Waals surface area contributed by atoms with Crippen LogP contribution in [0.2, 0.25) is 0 Å². The van der Waals surface area contributed by atoms with Crippen LogP contribution in [0, 0.1) is 5.82 Å². The van der Waals surface area contributed by atoms with Gasteiger partial charge in [0.2, 0.25) is 5.91 Å². The van der Waals surface area contributed by atoms with Crippen molar-refractivity contribution in [3.05, 3.63) is 58.0 Å². The molecule has 1 aromatic carbocycles. The van der Waals surface area contributed by atoms with Crippen LogP contribution in [-0.2, 0) is 9.53 Å². The Hall–Kier alpha value is -1.72. The highest BCUT2D eigenvalue weighted by Gasteiger charge is 2.17. The lowest BCUT2D eigenvalue weighted by molar-refractivity contribution is -0.126. The highest BCUT2D eigenvalue weighted by molar-refractivity contribution is 7.10. The van der Waals surface area contributed by atoms with Gasteiger partial charge in [0.15, 0.2) is 0 Å². The molecular formula is C15H16FNO2S. The SMILES string of the molecule is CCOCC(=O)NC(c1ccc(F)cc1)c1cccs1. The minimum atomic E-state index is -0.292. The van der Waals surface area contributed by atoms with Crippen molar-refractivity contribution in [1.82, 2.24) is 5.32 Å². The van der Waals surface area contributed by atoms with Crippen molar-refractivity contribution in [2.45, 2.75) is 13.0 Å². The van der Waals surface area contributed by atoms with Crippen molar-refractivity contribution >= 4 is 17.2 Å². The zero-order valence-electron chi connectivity index (χ0n) is 11.1. The minimum absolute atomic E-state index is 0.0274. The van der Waals surface area contributed by atoms with E-state index in [0.29, 0.717) is 6.61 Å². The number of carbonyl (C=O) groups excluding carboxylic acids is 1. The van der Waals surface area contributed by atoms with Crippen molar-refractivity contribution in [1.29, 1.82) is 0 Å². The maximum Gasteiger partial charge on any atom is 0.246 e. The number of amides is 1. The quantitative estimate of drug-likeness (QED) is 0.888. The van der Waals surface area contributed by atoms with E-state index in [2.05, 4.69) is 5.32 Å². The van der Waals surface area contributed by atoms with Gasteiger partial charge in [-0.15, -0.1) is 11.3 Å². The first-order valence-electron chi connectivity index (χ1n) is 6.36.